The first-order valence-corrected chi connectivity index (χ1v) is 5.30. The molecule has 0 radical (unpaired) electrons. The summed E-state index contributed by atoms with van der Waals surface area (Å²) in [6, 6.07) is 4.51. The van der Waals surface area contributed by atoms with Gasteiger partial charge in [0.25, 0.3) is 0 Å². The summed E-state index contributed by atoms with van der Waals surface area (Å²) < 4.78 is 65.1. The third-order valence-electron chi connectivity index (χ3n) is 2.51. The van der Waals surface area contributed by atoms with Crippen LogP contribution in [-0.2, 0) is 6.54 Å². The van der Waals surface area contributed by atoms with Gasteiger partial charge in [0.05, 0.1) is 5.69 Å². The smallest absolute Gasteiger partial charge is 0.196 e. The molecule has 0 aromatic heterocycles. The van der Waals surface area contributed by atoms with Gasteiger partial charge in [0.1, 0.15) is 11.6 Å². The number of nitrogens with one attached hydrogen (secondary N) is 1. The van der Waals surface area contributed by atoms with Crippen LogP contribution in [0.4, 0.5) is 27.6 Å². The highest BCUT2D eigenvalue weighted by molar-refractivity contribution is 5.46. The van der Waals surface area contributed by atoms with Crippen molar-refractivity contribution in [3.8, 4) is 0 Å². The van der Waals surface area contributed by atoms with E-state index in [4.69, 9.17) is 0 Å². The molecule has 1 nitrogen and oxygen atoms in total. The molecule has 19 heavy (non-hydrogen) atoms. The fourth-order valence-electron chi connectivity index (χ4n) is 1.53. The Morgan fingerprint density at radius 2 is 1.47 bits per heavy atom. The molecule has 2 aromatic carbocycles. The number of anilines is 1. The van der Waals surface area contributed by atoms with Crippen molar-refractivity contribution in [2.24, 2.45) is 0 Å². The first kappa shape index (κ1) is 13.3. The lowest BCUT2D eigenvalue weighted by Gasteiger charge is -2.09. The van der Waals surface area contributed by atoms with Gasteiger partial charge in [-0.1, -0.05) is 0 Å². The lowest BCUT2D eigenvalue weighted by molar-refractivity contribution is 0.449. The third-order valence-corrected chi connectivity index (χ3v) is 2.51. The van der Waals surface area contributed by atoms with Gasteiger partial charge in [0, 0.05) is 12.1 Å². The van der Waals surface area contributed by atoms with Gasteiger partial charge in [-0.25, -0.2) is 22.0 Å². The Hall–Kier alpha value is -2.11. The van der Waals surface area contributed by atoms with Crippen LogP contribution in [0, 0.1) is 29.1 Å². The third kappa shape index (κ3) is 2.83. The van der Waals surface area contributed by atoms with Crippen LogP contribution in [0.15, 0.2) is 30.3 Å². The number of benzene rings is 2. The number of hydrogen-bond acceptors (Lipinski definition) is 1. The topological polar surface area (TPSA) is 12.0 Å². The summed E-state index contributed by atoms with van der Waals surface area (Å²) in [5.41, 5.74) is -0.383. The molecule has 6 heteroatoms. The fourth-order valence-corrected chi connectivity index (χ4v) is 1.53. The first-order chi connectivity index (χ1) is 8.99. The Kier molecular flexibility index (Phi) is 3.69. The Bertz CT molecular complexity index is 612. The highest BCUT2D eigenvalue weighted by Gasteiger charge is 2.13. The van der Waals surface area contributed by atoms with Crippen LogP contribution in [-0.4, -0.2) is 0 Å². The van der Waals surface area contributed by atoms with Crippen molar-refractivity contribution in [3.63, 3.8) is 0 Å². The summed E-state index contributed by atoms with van der Waals surface area (Å²) in [6.45, 7) is -0.258. The summed E-state index contributed by atoms with van der Waals surface area (Å²) in [4.78, 5) is 0. The highest BCUT2D eigenvalue weighted by atomic mass is 19.2. The normalized spacial score (nSPS) is 10.6. The van der Waals surface area contributed by atoms with E-state index in [1.54, 1.807) is 0 Å². The second kappa shape index (κ2) is 5.26. The van der Waals surface area contributed by atoms with Crippen LogP contribution in [0.2, 0.25) is 0 Å². The van der Waals surface area contributed by atoms with Crippen LogP contribution < -0.4 is 5.32 Å². The summed E-state index contributed by atoms with van der Waals surface area (Å²) in [5.74, 6) is -5.68. The van der Waals surface area contributed by atoms with Crippen LogP contribution in [0.1, 0.15) is 5.56 Å². The van der Waals surface area contributed by atoms with E-state index in [1.165, 1.54) is 0 Å². The van der Waals surface area contributed by atoms with E-state index in [2.05, 4.69) is 5.32 Å². The second-order valence-electron chi connectivity index (χ2n) is 3.81. The molecule has 100 valence electrons. The Labute approximate surface area is 105 Å². The molecule has 2 aromatic rings. The molecule has 0 aliphatic carbocycles. The number of rotatable bonds is 3. The standard InChI is InChI=1S/C13H8F5N/c14-8-1-2-9(15)7(5-8)6-19-11-4-3-10(16)12(17)13(11)18/h1-5,19H,6H2. The maximum Gasteiger partial charge on any atom is 0.196 e. The first-order valence-electron chi connectivity index (χ1n) is 5.30. The molecule has 0 aliphatic heterocycles. The van der Waals surface area contributed by atoms with E-state index in [9.17, 15) is 22.0 Å². The quantitative estimate of drug-likeness (QED) is 0.658. The van der Waals surface area contributed by atoms with E-state index in [-0.39, 0.29) is 17.8 Å². The van der Waals surface area contributed by atoms with Crippen molar-refractivity contribution in [1.82, 2.24) is 0 Å². The lowest BCUT2D eigenvalue weighted by Crippen LogP contribution is -2.05. The highest BCUT2D eigenvalue weighted by Crippen LogP contribution is 2.20. The van der Waals surface area contributed by atoms with Gasteiger partial charge >= 0.3 is 0 Å². The second-order valence-corrected chi connectivity index (χ2v) is 3.81. The van der Waals surface area contributed by atoms with Gasteiger partial charge in [-0.15, -0.1) is 0 Å². The molecule has 0 aliphatic rings. The van der Waals surface area contributed by atoms with E-state index < -0.39 is 29.1 Å². The van der Waals surface area contributed by atoms with Crippen LogP contribution in [0.25, 0.3) is 0 Å². The zero-order chi connectivity index (χ0) is 14.0. The minimum absolute atomic E-state index is 0.0517. The molecule has 0 amide bonds. The largest absolute Gasteiger partial charge is 0.378 e. The Balaban J connectivity index is 2.19. The van der Waals surface area contributed by atoms with Crippen molar-refractivity contribution in [2.75, 3.05) is 5.32 Å². The van der Waals surface area contributed by atoms with Crippen molar-refractivity contribution >= 4 is 5.69 Å². The van der Waals surface area contributed by atoms with Gasteiger partial charge < -0.3 is 5.32 Å². The zero-order valence-electron chi connectivity index (χ0n) is 9.48. The number of halogens is 5. The van der Waals surface area contributed by atoms with Crippen LogP contribution >= 0.6 is 0 Å². The molecule has 0 bridgehead atoms. The predicted molar refractivity (Wildman–Crippen MR) is 60.0 cm³/mol. The summed E-state index contributed by atoms with van der Waals surface area (Å²) >= 11 is 0. The van der Waals surface area contributed by atoms with Gasteiger partial charge in [-0.2, -0.15) is 0 Å². The summed E-state index contributed by atoms with van der Waals surface area (Å²) in [7, 11) is 0. The van der Waals surface area contributed by atoms with E-state index >= 15 is 0 Å². The monoisotopic (exact) mass is 273 g/mol. The maximum atomic E-state index is 13.3. The molecule has 0 saturated heterocycles. The van der Waals surface area contributed by atoms with Crippen molar-refractivity contribution in [2.45, 2.75) is 6.54 Å². The molecular weight excluding hydrogens is 265 g/mol. The van der Waals surface area contributed by atoms with Crippen molar-refractivity contribution in [3.05, 3.63) is 65.0 Å². The van der Waals surface area contributed by atoms with Gasteiger partial charge in [0.2, 0.25) is 0 Å². The lowest BCUT2D eigenvalue weighted by atomic mass is 10.2. The minimum atomic E-state index is -1.62. The van der Waals surface area contributed by atoms with Crippen molar-refractivity contribution in [1.29, 1.82) is 0 Å². The molecular formula is C13H8F5N. The van der Waals surface area contributed by atoms with Crippen molar-refractivity contribution < 1.29 is 22.0 Å². The van der Waals surface area contributed by atoms with E-state index in [1.807, 2.05) is 0 Å². The molecule has 0 fully saturated rings. The van der Waals surface area contributed by atoms with Crippen LogP contribution in [0.5, 0.6) is 0 Å². The fraction of sp³-hybridized carbons (Fsp3) is 0.0769. The van der Waals surface area contributed by atoms with Gasteiger partial charge in [-0.05, 0) is 30.3 Å². The molecule has 0 spiro atoms. The summed E-state index contributed by atoms with van der Waals surface area (Å²) in [5, 5.41) is 2.38. The average molecular weight is 273 g/mol. The Morgan fingerprint density at radius 3 is 2.21 bits per heavy atom. The van der Waals surface area contributed by atoms with E-state index in [0.717, 1.165) is 30.3 Å². The molecule has 0 heterocycles. The SMILES string of the molecule is Fc1ccc(F)c(CNc2ccc(F)c(F)c2F)c1. The number of hydrogen-bond donors (Lipinski definition) is 1. The Morgan fingerprint density at radius 1 is 0.789 bits per heavy atom. The molecule has 0 atom stereocenters. The maximum absolute atomic E-state index is 13.3. The van der Waals surface area contributed by atoms with Crippen LogP contribution in [0.3, 0.4) is 0 Å². The summed E-state index contributed by atoms with van der Waals surface area (Å²) in [6.07, 6.45) is 0. The molecule has 2 rings (SSSR count). The minimum Gasteiger partial charge on any atom is -0.378 e. The zero-order valence-corrected chi connectivity index (χ0v) is 9.48. The average Bonchev–Trinajstić information content (AvgIpc) is 2.39. The van der Waals surface area contributed by atoms with E-state index in [0.29, 0.717) is 0 Å². The van der Waals surface area contributed by atoms with Gasteiger partial charge in [0.15, 0.2) is 17.5 Å². The molecule has 1 N–H and O–H groups in total. The van der Waals surface area contributed by atoms with Gasteiger partial charge in [-0.3, -0.25) is 0 Å². The molecule has 0 unspecified atom stereocenters. The molecule has 0 saturated carbocycles. The predicted octanol–water partition coefficient (Wildman–Crippen LogP) is 3.99.